The van der Waals surface area contributed by atoms with Crippen LogP contribution in [0.5, 0.6) is 11.5 Å². The lowest BCUT2D eigenvalue weighted by atomic mass is 10.1. The van der Waals surface area contributed by atoms with Gasteiger partial charge in [0.1, 0.15) is 11.9 Å². The maximum atomic E-state index is 9.46. The molecule has 146 valence electrons. The van der Waals surface area contributed by atoms with Crippen LogP contribution in [0.15, 0.2) is 42.5 Å². The molecule has 0 aliphatic carbocycles. The molecular weight excluding hydrogens is 410 g/mol. The van der Waals surface area contributed by atoms with Gasteiger partial charge in [-0.1, -0.05) is 23.7 Å². The molecule has 0 saturated heterocycles. The third-order valence-corrected chi connectivity index (χ3v) is 4.83. The molecule has 2 heterocycles. The van der Waals surface area contributed by atoms with Gasteiger partial charge in [-0.3, -0.25) is 0 Å². The Kier molecular flexibility index (Phi) is 5.51. The fraction of sp³-hybridized carbons (Fsp3) is 0.150. The van der Waals surface area contributed by atoms with Crippen LogP contribution in [0, 0.1) is 11.3 Å². The third-order valence-electron chi connectivity index (χ3n) is 4.25. The van der Waals surface area contributed by atoms with Crippen LogP contribution in [-0.2, 0) is 0 Å². The number of benzene rings is 2. The van der Waals surface area contributed by atoms with E-state index in [-0.39, 0.29) is 6.79 Å². The fourth-order valence-corrected chi connectivity index (χ4v) is 3.26. The van der Waals surface area contributed by atoms with Crippen molar-refractivity contribution < 1.29 is 9.47 Å². The first-order valence-electron chi connectivity index (χ1n) is 8.82. The number of thiocarbonyl (C=S) groups is 1. The van der Waals surface area contributed by atoms with Crippen molar-refractivity contribution in [2.75, 3.05) is 30.5 Å². The van der Waals surface area contributed by atoms with Crippen molar-refractivity contribution in [3.05, 3.63) is 53.1 Å². The van der Waals surface area contributed by atoms with E-state index in [0.717, 1.165) is 16.6 Å². The number of ether oxygens (including phenoxy) is 2. The lowest BCUT2D eigenvalue weighted by Gasteiger charge is -2.13. The van der Waals surface area contributed by atoms with Gasteiger partial charge in [-0.05, 0) is 36.5 Å². The van der Waals surface area contributed by atoms with Gasteiger partial charge in [0.25, 0.3) is 0 Å². The molecule has 0 saturated carbocycles. The number of anilines is 2. The van der Waals surface area contributed by atoms with Crippen LogP contribution in [0.1, 0.15) is 5.56 Å². The lowest BCUT2D eigenvalue weighted by molar-refractivity contribution is 0.174. The maximum absolute atomic E-state index is 9.46. The van der Waals surface area contributed by atoms with E-state index in [1.807, 2.05) is 30.3 Å². The Morgan fingerprint density at radius 1 is 1.17 bits per heavy atom. The number of fused-ring (bicyclic) bond motifs is 2. The summed E-state index contributed by atoms with van der Waals surface area (Å²) in [5.74, 6) is 1.82. The molecule has 1 aliphatic heterocycles. The molecule has 0 bridgehead atoms. The van der Waals surface area contributed by atoms with Gasteiger partial charge in [0, 0.05) is 24.5 Å². The third kappa shape index (κ3) is 4.26. The summed E-state index contributed by atoms with van der Waals surface area (Å²) >= 11 is 11.4. The zero-order valence-electron chi connectivity index (χ0n) is 15.2. The highest BCUT2D eigenvalue weighted by molar-refractivity contribution is 7.80. The number of nitrogens with one attached hydrogen (secondary N) is 3. The Morgan fingerprint density at radius 3 is 2.76 bits per heavy atom. The van der Waals surface area contributed by atoms with Crippen LogP contribution < -0.4 is 25.4 Å². The quantitative estimate of drug-likeness (QED) is 0.419. The molecular formula is C20H16ClN5O2S. The second kappa shape index (κ2) is 8.39. The van der Waals surface area contributed by atoms with E-state index in [1.54, 1.807) is 12.1 Å². The summed E-state index contributed by atoms with van der Waals surface area (Å²) in [6.45, 7) is 1.24. The highest BCUT2D eigenvalue weighted by Gasteiger charge is 2.16. The molecule has 1 aromatic heterocycles. The summed E-state index contributed by atoms with van der Waals surface area (Å²) in [7, 11) is 0. The number of halogens is 1. The van der Waals surface area contributed by atoms with Crippen LogP contribution in [0.3, 0.4) is 0 Å². The molecule has 3 aromatic rings. The summed E-state index contributed by atoms with van der Waals surface area (Å²) in [4.78, 5) is 4.56. The van der Waals surface area contributed by atoms with Gasteiger partial charge in [-0.25, -0.2) is 4.98 Å². The first kappa shape index (κ1) is 19.1. The first-order valence-corrected chi connectivity index (χ1v) is 9.60. The van der Waals surface area contributed by atoms with Crippen molar-refractivity contribution >= 4 is 51.3 Å². The Labute approximate surface area is 177 Å². The molecule has 3 N–H and O–H groups in total. The summed E-state index contributed by atoms with van der Waals surface area (Å²) in [6, 6.07) is 15.0. The Morgan fingerprint density at radius 2 is 1.97 bits per heavy atom. The Bertz CT molecular complexity index is 1130. The predicted molar refractivity (Wildman–Crippen MR) is 117 cm³/mol. The molecule has 0 spiro atoms. The molecule has 0 unspecified atom stereocenters. The standard InChI is InChI=1S/C20H16ClN5O2S/c21-14-3-1-2-4-15(14)26-20(29)24-6-5-23-19-13(10-22)7-12-8-17-18(28-11-27-17)9-16(12)25-19/h1-4,7-9H,5-6,11H2,(H,23,25)(H2,24,26,29). The fourth-order valence-electron chi connectivity index (χ4n) is 2.87. The van der Waals surface area contributed by atoms with Crippen molar-refractivity contribution in [2.24, 2.45) is 0 Å². The van der Waals surface area contributed by atoms with Crippen LogP contribution in [0.25, 0.3) is 10.9 Å². The highest BCUT2D eigenvalue weighted by Crippen LogP contribution is 2.36. The van der Waals surface area contributed by atoms with Crippen LogP contribution in [0.2, 0.25) is 5.02 Å². The van der Waals surface area contributed by atoms with Crippen LogP contribution in [0.4, 0.5) is 11.5 Å². The monoisotopic (exact) mass is 425 g/mol. The molecule has 29 heavy (non-hydrogen) atoms. The van der Waals surface area contributed by atoms with E-state index >= 15 is 0 Å². The molecule has 0 fully saturated rings. The number of pyridine rings is 1. The minimum atomic E-state index is 0.190. The smallest absolute Gasteiger partial charge is 0.231 e. The van der Waals surface area contributed by atoms with Crippen LogP contribution in [-0.4, -0.2) is 30.0 Å². The van der Waals surface area contributed by atoms with Crippen molar-refractivity contribution in [1.29, 1.82) is 5.26 Å². The number of nitriles is 1. The van der Waals surface area contributed by atoms with Gasteiger partial charge >= 0.3 is 0 Å². The summed E-state index contributed by atoms with van der Waals surface area (Å²) in [5.41, 5.74) is 1.91. The lowest BCUT2D eigenvalue weighted by Crippen LogP contribution is -2.32. The van der Waals surface area contributed by atoms with Gasteiger partial charge in [0.05, 0.1) is 21.8 Å². The van der Waals surface area contributed by atoms with E-state index < -0.39 is 0 Å². The topological polar surface area (TPSA) is 91.2 Å². The predicted octanol–water partition coefficient (Wildman–Crippen LogP) is 3.89. The second-order valence-corrected chi connectivity index (χ2v) is 7.00. The highest BCUT2D eigenvalue weighted by atomic mass is 35.5. The SMILES string of the molecule is N#Cc1cc2cc3c(cc2nc1NCCNC(=S)Nc1ccccc1Cl)OCO3. The summed E-state index contributed by atoms with van der Waals surface area (Å²) < 4.78 is 10.8. The maximum Gasteiger partial charge on any atom is 0.231 e. The minimum absolute atomic E-state index is 0.190. The normalized spacial score (nSPS) is 11.7. The van der Waals surface area contributed by atoms with Crippen molar-refractivity contribution in [3.63, 3.8) is 0 Å². The zero-order chi connectivity index (χ0) is 20.2. The molecule has 4 rings (SSSR count). The van der Waals surface area contributed by atoms with Gasteiger partial charge in [-0.15, -0.1) is 0 Å². The van der Waals surface area contributed by atoms with E-state index in [2.05, 4.69) is 27.0 Å². The van der Waals surface area contributed by atoms with Crippen LogP contribution >= 0.6 is 23.8 Å². The number of hydrogen-bond acceptors (Lipinski definition) is 6. The average Bonchev–Trinajstić information content (AvgIpc) is 3.17. The number of para-hydroxylation sites is 1. The largest absolute Gasteiger partial charge is 0.454 e. The average molecular weight is 426 g/mol. The van der Waals surface area contributed by atoms with Crippen molar-refractivity contribution in [1.82, 2.24) is 10.3 Å². The zero-order valence-corrected chi connectivity index (χ0v) is 16.7. The molecule has 9 heteroatoms. The second-order valence-electron chi connectivity index (χ2n) is 6.18. The van der Waals surface area contributed by atoms with Gasteiger partial charge in [-0.2, -0.15) is 5.26 Å². The Hall–Kier alpha value is -3.28. The van der Waals surface area contributed by atoms with Gasteiger partial charge in [0.2, 0.25) is 6.79 Å². The van der Waals surface area contributed by atoms with Crippen molar-refractivity contribution in [3.8, 4) is 17.6 Å². The Balaban J connectivity index is 1.38. The molecule has 0 radical (unpaired) electrons. The van der Waals surface area contributed by atoms with E-state index in [4.69, 9.17) is 33.3 Å². The minimum Gasteiger partial charge on any atom is -0.454 e. The van der Waals surface area contributed by atoms with E-state index in [0.29, 0.717) is 46.1 Å². The van der Waals surface area contributed by atoms with E-state index in [1.165, 1.54) is 0 Å². The van der Waals surface area contributed by atoms with Gasteiger partial charge < -0.3 is 25.4 Å². The number of hydrogen-bond donors (Lipinski definition) is 3. The van der Waals surface area contributed by atoms with Gasteiger partial charge in [0.15, 0.2) is 16.6 Å². The molecule has 0 atom stereocenters. The molecule has 1 aliphatic rings. The number of aromatic nitrogens is 1. The summed E-state index contributed by atoms with van der Waals surface area (Å²) in [5, 5.41) is 20.6. The van der Waals surface area contributed by atoms with Crippen molar-refractivity contribution in [2.45, 2.75) is 0 Å². The first-order chi connectivity index (χ1) is 14.1. The molecule has 7 nitrogen and oxygen atoms in total. The summed E-state index contributed by atoms with van der Waals surface area (Å²) in [6.07, 6.45) is 0. The number of nitrogens with zero attached hydrogens (tertiary/aromatic N) is 2. The van der Waals surface area contributed by atoms with E-state index in [9.17, 15) is 5.26 Å². The molecule has 2 aromatic carbocycles. The molecule has 0 amide bonds. The number of rotatable bonds is 5.